The van der Waals surface area contributed by atoms with Crippen LogP contribution in [0.25, 0.3) is 5.76 Å². The lowest BCUT2D eigenvalue weighted by Gasteiger charge is -2.27. The van der Waals surface area contributed by atoms with E-state index in [1.54, 1.807) is 30.3 Å². The summed E-state index contributed by atoms with van der Waals surface area (Å²) in [4.78, 5) is 40.9. The van der Waals surface area contributed by atoms with E-state index < -0.39 is 23.7 Å². The van der Waals surface area contributed by atoms with Crippen LogP contribution < -0.4 is 4.74 Å². The summed E-state index contributed by atoms with van der Waals surface area (Å²) in [6.45, 7) is 5.87. The molecule has 0 saturated carbocycles. The number of benzene rings is 2. The predicted molar refractivity (Wildman–Crippen MR) is 121 cm³/mol. The van der Waals surface area contributed by atoms with Gasteiger partial charge in [0.15, 0.2) is 0 Å². The van der Waals surface area contributed by atoms with Crippen LogP contribution in [0, 0.1) is 13.8 Å². The van der Waals surface area contributed by atoms with E-state index in [4.69, 9.17) is 4.74 Å². The van der Waals surface area contributed by atoms with Crippen molar-refractivity contribution < 1.29 is 24.2 Å². The largest absolute Gasteiger partial charge is 0.507 e. The summed E-state index contributed by atoms with van der Waals surface area (Å²) in [5.41, 5.74) is 2.83. The lowest BCUT2D eigenvalue weighted by molar-refractivity contribution is -0.140. The van der Waals surface area contributed by atoms with Crippen LogP contribution >= 0.6 is 0 Å². The van der Waals surface area contributed by atoms with Crippen LogP contribution in [0.3, 0.4) is 0 Å². The van der Waals surface area contributed by atoms with Crippen molar-refractivity contribution in [3.05, 3.63) is 70.3 Å². The zero-order chi connectivity index (χ0) is 23.6. The smallest absolute Gasteiger partial charge is 0.308 e. The molecule has 1 aliphatic heterocycles. The molecule has 1 saturated heterocycles. The first-order chi connectivity index (χ1) is 15.1. The summed E-state index contributed by atoms with van der Waals surface area (Å²) in [5.74, 6) is -1.77. The van der Waals surface area contributed by atoms with Crippen LogP contribution in [0.15, 0.2) is 48.0 Å². The summed E-state index contributed by atoms with van der Waals surface area (Å²) in [5, 5.41) is 11.2. The van der Waals surface area contributed by atoms with Crippen molar-refractivity contribution in [1.82, 2.24) is 9.80 Å². The molecule has 0 spiro atoms. The second kappa shape index (κ2) is 9.36. The van der Waals surface area contributed by atoms with Crippen molar-refractivity contribution in [3.8, 4) is 5.75 Å². The van der Waals surface area contributed by atoms with Gasteiger partial charge in [-0.3, -0.25) is 14.4 Å². The Bertz CT molecular complexity index is 1100. The fraction of sp³-hybridized carbons (Fsp3) is 0.320. The third-order valence-electron chi connectivity index (χ3n) is 5.41. The molecule has 3 rings (SSSR count). The lowest BCUT2D eigenvalue weighted by Crippen LogP contribution is -2.35. The average Bonchev–Trinajstić information content (AvgIpc) is 2.98. The Labute approximate surface area is 187 Å². The van der Waals surface area contributed by atoms with E-state index in [2.05, 4.69) is 0 Å². The third-order valence-corrected chi connectivity index (χ3v) is 5.41. The number of esters is 1. The van der Waals surface area contributed by atoms with Gasteiger partial charge in [-0.15, -0.1) is 0 Å². The highest BCUT2D eigenvalue weighted by atomic mass is 16.5. The Kier molecular flexibility index (Phi) is 6.79. The average molecular weight is 437 g/mol. The highest BCUT2D eigenvalue weighted by Crippen LogP contribution is 2.40. The number of likely N-dealkylation sites (N-methyl/N-ethyl adjacent to an activating group) is 1. The Balaban J connectivity index is 2.20. The Hall–Kier alpha value is -3.45. The molecule has 0 bridgehead atoms. The number of aryl methyl sites for hydroxylation is 2. The second-order valence-corrected chi connectivity index (χ2v) is 8.28. The molecule has 1 unspecified atom stereocenters. The van der Waals surface area contributed by atoms with Gasteiger partial charge in [-0.05, 0) is 57.3 Å². The van der Waals surface area contributed by atoms with Crippen molar-refractivity contribution in [2.24, 2.45) is 0 Å². The second-order valence-electron chi connectivity index (χ2n) is 8.28. The topological polar surface area (TPSA) is 87.1 Å². The molecule has 2 aromatic carbocycles. The molecule has 2 aromatic rings. The van der Waals surface area contributed by atoms with Crippen LogP contribution in [0.2, 0.25) is 0 Å². The van der Waals surface area contributed by atoms with Crippen LogP contribution in [0.5, 0.6) is 5.75 Å². The number of carbonyl (C=O) groups is 3. The molecule has 1 heterocycles. The number of hydrogen-bond acceptors (Lipinski definition) is 6. The number of ketones is 1. The van der Waals surface area contributed by atoms with Gasteiger partial charge in [0.25, 0.3) is 11.7 Å². The number of ether oxygens (including phenoxy) is 1. The van der Waals surface area contributed by atoms with Crippen molar-refractivity contribution in [3.63, 3.8) is 0 Å². The zero-order valence-electron chi connectivity index (χ0n) is 19.0. The van der Waals surface area contributed by atoms with Gasteiger partial charge in [0.05, 0.1) is 11.6 Å². The van der Waals surface area contributed by atoms with E-state index in [1.807, 2.05) is 45.0 Å². The summed E-state index contributed by atoms with van der Waals surface area (Å²) in [6.07, 6.45) is 0. The van der Waals surface area contributed by atoms with Gasteiger partial charge < -0.3 is 19.6 Å². The molecule has 1 aliphatic rings. The molecule has 7 nitrogen and oxygen atoms in total. The van der Waals surface area contributed by atoms with Gasteiger partial charge in [-0.1, -0.05) is 29.8 Å². The maximum absolute atomic E-state index is 13.1. The number of aliphatic hydroxyl groups is 1. The third kappa shape index (κ3) is 4.73. The maximum atomic E-state index is 13.1. The summed E-state index contributed by atoms with van der Waals surface area (Å²) in [7, 11) is 3.76. The van der Waals surface area contributed by atoms with Gasteiger partial charge in [0.1, 0.15) is 11.5 Å². The molecule has 0 aromatic heterocycles. The monoisotopic (exact) mass is 436 g/mol. The van der Waals surface area contributed by atoms with Crippen molar-refractivity contribution in [2.75, 3.05) is 27.2 Å². The molecule has 1 amide bonds. The number of aliphatic hydroxyl groups excluding tert-OH is 1. The summed E-state index contributed by atoms with van der Waals surface area (Å²) >= 11 is 0. The Morgan fingerprint density at radius 1 is 1.12 bits per heavy atom. The van der Waals surface area contributed by atoms with E-state index in [0.717, 1.165) is 11.1 Å². The van der Waals surface area contributed by atoms with Gasteiger partial charge >= 0.3 is 5.97 Å². The molecule has 1 atom stereocenters. The molecule has 1 fully saturated rings. The molecule has 168 valence electrons. The minimum absolute atomic E-state index is 0.0300. The standard InChI is InChI=1S/C25H28N2O5/c1-15-9-10-16(2)20(13-15)23(29)21-22(18-7-6-8-19(14-18)32-17(3)28)27(12-11-26(4)5)25(31)24(21)30/h6-10,13-14,22,29H,11-12H2,1-5H3/b23-21+. The number of amides is 1. The van der Waals surface area contributed by atoms with Gasteiger partial charge in [-0.25, -0.2) is 0 Å². The molecular weight excluding hydrogens is 408 g/mol. The summed E-state index contributed by atoms with van der Waals surface area (Å²) < 4.78 is 5.20. The zero-order valence-corrected chi connectivity index (χ0v) is 19.0. The van der Waals surface area contributed by atoms with Crippen LogP contribution in [-0.4, -0.2) is 59.8 Å². The van der Waals surface area contributed by atoms with Crippen LogP contribution in [0.1, 0.15) is 35.2 Å². The fourth-order valence-corrected chi connectivity index (χ4v) is 3.82. The van der Waals surface area contributed by atoms with E-state index in [0.29, 0.717) is 30.0 Å². The van der Waals surface area contributed by atoms with Crippen LogP contribution in [-0.2, 0) is 14.4 Å². The quantitative estimate of drug-likeness (QED) is 0.246. The molecule has 1 N–H and O–H groups in total. The first kappa shape index (κ1) is 23.2. The van der Waals surface area contributed by atoms with Crippen molar-refractivity contribution in [1.29, 1.82) is 0 Å². The number of likely N-dealkylation sites (tertiary alicyclic amines) is 1. The SMILES string of the molecule is CC(=O)Oc1cccc(C2/C(=C(\O)c3cc(C)ccc3C)C(=O)C(=O)N2CCN(C)C)c1. The number of Topliss-reactive ketones (excluding diaryl/α,β-unsaturated/α-hetero) is 1. The van der Waals surface area contributed by atoms with E-state index >= 15 is 0 Å². The van der Waals surface area contributed by atoms with E-state index in [9.17, 15) is 19.5 Å². The number of nitrogens with zero attached hydrogens (tertiary/aromatic N) is 2. The fourth-order valence-electron chi connectivity index (χ4n) is 3.82. The van der Waals surface area contributed by atoms with Gasteiger partial charge in [0, 0.05) is 25.6 Å². The Morgan fingerprint density at radius 3 is 2.50 bits per heavy atom. The first-order valence-corrected chi connectivity index (χ1v) is 10.4. The normalized spacial score (nSPS) is 17.8. The van der Waals surface area contributed by atoms with Crippen LogP contribution in [0.4, 0.5) is 0 Å². The number of rotatable bonds is 6. The van der Waals surface area contributed by atoms with E-state index in [1.165, 1.54) is 11.8 Å². The molecule has 32 heavy (non-hydrogen) atoms. The molecule has 0 aliphatic carbocycles. The van der Waals surface area contributed by atoms with Crippen molar-refractivity contribution >= 4 is 23.4 Å². The minimum Gasteiger partial charge on any atom is -0.507 e. The van der Waals surface area contributed by atoms with Gasteiger partial charge in [-0.2, -0.15) is 0 Å². The maximum Gasteiger partial charge on any atom is 0.308 e. The first-order valence-electron chi connectivity index (χ1n) is 10.4. The molecular formula is C25H28N2O5. The number of hydrogen-bond donors (Lipinski definition) is 1. The summed E-state index contributed by atoms with van der Waals surface area (Å²) in [6, 6.07) is 11.5. The minimum atomic E-state index is -0.801. The van der Waals surface area contributed by atoms with E-state index in [-0.39, 0.29) is 11.3 Å². The highest BCUT2D eigenvalue weighted by Gasteiger charge is 2.46. The Morgan fingerprint density at radius 2 is 1.84 bits per heavy atom. The number of carbonyl (C=O) groups excluding carboxylic acids is 3. The lowest BCUT2D eigenvalue weighted by atomic mass is 9.93. The van der Waals surface area contributed by atoms with Gasteiger partial charge in [0.2, 0.25) is 0 Å². The molecule has 0 radical (unpaired) electrons. The van der Waals surface area contributed by atoms with Crippen molar-refractivity contribution in [2.45, 2.75) is 26.8 Å². The highest BCUT2D eigenvalue weighted by molar-refractivity contribution is 6.46. The molecule has 7 heteroatoms. The predicted octanol–water partition coefficient (Wildman–Crippen LogP) is 3.21.